The first-order chi connectivity index (χ1) is 9.03. The second-order valence-corrected chi connectivity index (χ2v) is 5.55. The van der Waals surface area contributed by atoms with Gasteiger partial charge < -0.3 is 0 Å². The maximum atomic E-state index is 12.7. The molecular weight excluding hydrogens is 232 g/mol. The van der Waals surface area contributed by atoms with Gasteiger partial charge in [-0.3, -0.25) is 4.79 Å². The van der Waals surface area contributed by atoms with Crippen molar-refractivity contribution in [3.05, 3.63) is 71.8 Å². The van der Waals surface area contributed by atoms with E-state index >= 15 is 0 Å². The van der Waals surface area contributed by atoms with Gasteiger partial charge in [0.25, 0.3) is 0 Å². The van der Waals surface area contributed by atoms with Crippen LogP contribution in [0.3, 0.4) is 0 Å². The van der Waals surface area contributed by atoms with Crippen molar-refractivity contribution in [1.29, 1.82) is 0 Å². The molecule has 19 heavy (non-hydrogen) atoms. The fraction of sp³-hybridized carbons (Fsp3) is 0.278. The molecule has 0 aliphatic carbocycles. The second-order valence-electron chi connectivity index (χ2n) is 5.55. The predicted octanol–water partition coefficient (Wildman–Crippen LogP) is 4.70. The van der Waals surface area contributed by atoms with E-state index in [0.717, 1.165) is 5.56 Å². The van der Waals surface area contributed by atoms with Gasteiger partial charge in [-0.05, 0) is 11.5 Å². The Labute approximate surface area is 115 Å². The van der Waals surface area contributed by atoms with Crippen LogP contribution in [-0.4, -0.2) is 5.78 Å². The van der Waals surface area contributed by atoms with Crippen LogP contribution < -0.4 is 0 Å². The zero-order chi connectivity index (χ0) is 13.9. The number of hydrogen-bond donors (Lipinski definition) is 0. The molecule has 1 nitrogen and oxygen atoms in total. The van der Waals surface area contributed by atoms with Crippen molar-refractivity contribution in [3.8, 4) is 0 Å². The molecule has 2 aromatic rings. The van der Waals surface area contributed by atoms with Crippen LogP contribution in [0.2, 0.25) is 0 Å². The van der Waals surface area contributed by atoms with E-state index in [-0.39, 0.29) is 11.7 Å². The summed E-state index contributed by atoms with van der Waals surface area (Å²) < 4.78 is 0. The van der Waals surface area contributed by atoms with Crippen LogP contribution in [0.5, 0.6) is 0 Å². The van der Waals surface area contributed by atoms with E-state index < -0.39 is 5.41 Å². The topological polar surface area (TPSA) is 17.1 Å². The molecular formula is C18H20O. The van der Waals surface area contributed by atoms with Gasteiger partial charge >= 0.3 is 0 Å². The van der Waals surface area contributed by atoms with Gasteiger partial charge in [-0.1, -0.05) is 81.4 Å². The molecule has 0 spiro atoms. The molecule has 0 radical (unpaired) electrons. The zero-order valence-electron chi connectivity index (χ0n) is 11.8. The minimum absolute atomic E-state index is 0.182. The van der Waals surface area contributed by atoms with Crippen molar-refractivity contribution < 1.29 is 4.79 Å². The van der Waals surface area contributed by atoms with Gasteiger partial charge in [0.15, 0.2) is 5.78 Å². The Bertz CT molecular complexity index is 540. The monoisotopic (exact) mass is 252 g/mol. The van der Waals surface area contributed by atoms with Crippen molar-refractivity contribution in [2.75, 3.05) is 0 Å². The molecule has 2 aromatic carbocycles. The molecule has 0 saturated carbocycles. The van der Waals surface area contributed by atoms with E-state index in [0.29, 0.717) is 0 Å². The molecule has 1 unspecified atom stereocenters. The highest BCUT2D eigenvalue weighted by atomic mass is 16.1. The van der Waals surface area contributed by atoms with Crippen molar-refractivity contribution in [3.63, 3.8) is 0 Å². The molecule has 0 aliphatic heterocycles. The van der Waals surface area contributed by atoms with Crippen LogP contribution in [0.1, 0.15) is 42.6 Å². The molecule has 0 bridgehead atoms. The summed E-state index contributed by atoms with van der Waals surface area (Å²) in [5.74, 6) is 0.380. The Hall–Kier alpha value is -1.89. The lowest BCUT2D eigenvalue weighted by Crippen LogP contribution is -2.30. The van der Waals surface area contributed by atoms with Gasteiger partial charge in [0.1, 0.15) is 0 Å². The summed E-state index contributed by atoms with van der Waals surface area (Å²) in [6.45, 7) is 6.18. The standard InChI is InChI=1S/C18H20O/c1-14(15-10-6-4-7-11-15)18(2,3)17(19)16-12-8-5-9-13-16/h4-14H,1-3H3. The van der Waals surface area contributed by atoms with Crippen LogP contribution in [0.15, 0.2) is 60.7 Å². The quantitative estimate of drug-likeness (QED) is 0.721. The summed E-state index contributed by atoms with van der Waals surface area (Å²) in [6.07, 6.45) is 0. The summed E-state index contributed by atoms with van der Waals surface area (Å²) in [6, 6.07) is 19.8. The number of rotatable bonds is 4. The van der Waals surface area contributed by atoms with E-state index in [1.807, 2.05) is 62.4 Å². The zero-order valence-corrected chi connectivity index (χ0v) is 11.8. The molecule has 1 heteroatoms. The third-order valence-electron chi connectivity index (χ3n) is 4.00. The first-order valence-corrected chi connectivity index (χ1v) is 6.68. The number of hydrogen-bond acceptors (Lipinski definition) is 1. The Morgan fingerprint density at radius 3 is 1.89 bits per heavy atom. The Morgan fingerprint density at radius 1 is 0.895 bits per heavy atom. The third-order valence-corrected chi connectivity index (χ3v) is 4.00. The minimum atomic E-state index is -0.414. The van der Waals surface area contributed by atoms with Gasteiger partial charge in [-0.2, -0.15) is 0 Å². The molecule has 0 fully saturated rings. The largest absolute Gasteiger partial charge is 0.294 e. The normalized spacial score (nSPS) is 13.0. The fourth-order valence-corrected chi connectivity index (χ4v) is 2.32. The lowest BCUT2D eigenvalue weighted by atomic mass is 9.71. The van der Waals surface area contributed by atoms with Gasteiger partial charge in [-0.25, -0.2) is 0 Å². The number of carbonyl (C=O) groups is 1. The van der Waals surface area contributed by atoms with Crippen LogP contribution in [-0.2, 0) is 0 Å². The second kappa shape index (κ2) is 5.40. The number of benzene rings is 2. The molecule has 0 heterocycles. The van der Waals surface area contributed by atoms with Gasteiger partial charge in [0, 0.05) is 11.0 Å². The molecule has 1 atom stereocenters. The van der Waals surface area contributed by atoms with Crippen LogP contribution >= 0.6 is 0 Å². The highest BCUT2D eigenvalue weighted by Crippen LogP contribution is 2.37. The summed E-state index contributed by atoms with van der Waals surface area (Å²) in [5, 5.41) is 0. The molecule has 0 amide bonds. The maximum absolute atomic E-state index is 12.7. The predicted molar refractivity (Wildman–Crippen MR) is 79.4 cm³/mol. The highest BCUT2D eigenvalue weighted by molar-refractivity contribution is 6.00. The lowest BCUT2D eigenvalue weighted by Gasteiger charge is -2.30. The lowest BCUT2D eigenvalue weighted by molar-refractivity contribution is 0.0807. The summed E-state index contributed by atoms with van der Waals surface area (Å²) >= 11 is 0. The van der Waals surface area contributed by atoms with E-state index in [1.165, 1.54) is 5.56 Å². The average Bonchev–Trinajstić information content (AvgIpc) is 2.47. The number of ketones is 1. The minimum Gasteiger partial charge on any atom is -0.294 e. The molecule has 98 valence electrons. The molecule has 0 N–H and O–H groups in total. The summed E-state index contributed by atoms with van der Waals surface area (Å²) in [5.41, 5.74) is 1.58. The summed E-state index contributed by atoms with van der Waals surface area (Å²) in [4.78, 5) is 12.7. The number of carbonyl (C=O) groups excluding carboxylic acids is 1. The SMILES string of the molecule is CC(c1ccccc1)C(C)(C)C(=O)c1ccccc1. The molecule has 0 saturated heterocycles. The first-order valence-electron chi connectivity index (χ1n) is 6.68. The smallest absolute Gasteiger partial charge is 0.169 e. The van der Waals surface area contributed by atoms with E-state index in [1.54, 1.807) is 0 Å². The molecule has 2 rings (SSSR count). The Morgan fingerprint density at radius 2 is 1.37 bits per heavy atom. The van der Waals surface area contributed by atoms with Gasteiger partial charge in [-0.15, -0.1) is 0 Å². The van der Waals surface area contributed by atoms with Crippen molar-refractivity contribution in [2.24, 2.45) is 5.41 Å². The number of Topliss-reactive ketones (excluding diaryl/α,β-unsaturated/α-hetero) is 1. The van der Waals surface area contributed by atoms with Crippen LogP contribution in [0.25, 0.3) is 0 Å². The van der Waals surface area contributed by atoms with Crippen LogP contribution in [0, 0.1) is 5.41 Å². The van der Waals surface area contributed by atoms with E-state index in [2.05, 4.69) is 19.1 Å². The van der Waals surface area contributed by atoms with Crippen molar-refractivity contribution >= 4 is 5.78 Å². The van der Waals surface area contributed by atoms with Gasteiger partial charge in [0.05, 0.1) is 0 Å². The molecule has 0 aliphatic rings. The third kappa shape index (κ3) is 2.76. The van der Waals surface area contributed by atoms with Crippen molar-refractivity contribution in [2.45, 2.75) is 26.7 Å². The highest BCUT2D eigenvalue weighted by Gasteiger charge is 2.35. The van der Waals surface area contributed by atoms with Gasteiger partial charge in [0.2, 0.25) is 0 Å². The average molecular weight is 252 g/mol. The fourth-order valence-electron chi connectivity index (χ4n) is 2.32. The van der Waals surface area contributed by atoms with E-state index in [4.69, 9.17) is 0 Å². The Kier molecular flexibility index (Phi) is 3.84. The van der Waals surface area contributed by atoms with E-state index in [9.17, 15) is 4.79 Å². The van der Waals surface area contributed by atoms with Crippen LogP contribution in [0.4, 0.5) is 0 Å². The Balaban J connectivity index is 2.30. The maximum Gasteiger partial charge on any atom is 0.169 e. The molecule has 0 aromatic heterocycles. The van der Waals surface area contributed by atoms with Crippen molar-refractivity contribution in [1.82, 2.24) is 0 Å². The summed E-state index contributed by atoms with van der Waals surface area (Å²) in [7, 11) is 0. The first kappa shape index (κ1) is 13.5.